The van der Waals surface area contributed by atoms with E-state index < -0.39 is 0 Å². The van der Waals surface area contributed by atoms with E-state index in [-0.39, 0.29) is 6.10 Å². The molecule has 0 amide bonds. The summed E-state index contributed by atoms with van der Waals surface area (Å²) in [7, 11) is 2.16. The quantitative estimate of drug-likeness (QED) is 0.541. The van der Waals surface area contributed by atoms with E-state index in [9.17, 15) is 0 Å². The summed E-state index contributed by atoms with van der Waals surface area (Å²) in [5.41, 5.74) is 1.25. The minimum atomic E-state index is 0.248. The molecule has 2 aliphatic heterocycles. The molecule has 2 rings (SSSR count). The Morgan fingerprint density at radius 1 is 1.47 bits per heavy atom. The van der Waals surface area contributed by atoms with E-state index in [4.69, 9.17) is 16.3 Å². The molecular weight excluding hydrogens is 212 g/mol. The number of aliphatic imine (C=N–C) groups is 1. The van der Waals surface area contributed by atoms with Crippen molar-refractivity contribution in [3.8, 4) is 0 Å². The van der Waals surface area contributed by atoms with Crippen LogP contribution in [0.15, 0.2) is 4.99 Å². The van der Waals surface area contributed by atoms with Crippen molar-refractivity contribution in [3.63, 3.8) is 0 Å². The van der Waals surface area contributed by atoms with Gasteiger partial charge >= 0.3 is 0 Å². The molecule has 0 spiro atoms. The minimum absolute atomic E-state index is 0.248. The van der Waals surface area contributed by atoms with Crippen LogP contribution < -0.4 is 0 Å². The molecule has 15 heavy (non-hydrogen) atoms. The molecule has 0 N–H and O–H groups in total. The van der Waals surface area contributed by atoms with Gasteiger partial charge in [0.15, 0.2) is 0 Å². The first-order valence-corrected chi connectivity index (χ1v) is 6.26. The molecule has 3 nitrogen and oxygen atoms in total. The largest absolute Gasteiger partial charge is 0.364 e. The summed E-state index contributed by atoms with van der Waals surface area (Å²) in [5.74, 6) is 0.751. The smallest absolute Gasteiger partial charge is 0.108 e. The van der Waals surface area contributed by atoms with Crippen molar-refractivity contribution in [2.75, 3.05) is 32.6 Å². The van der Waals surface area contributed by atoms with Crippen LogP contribution in [0.1, 0.15) is 19.3 Å². The van der Waals surface area contributed by atoms with Crippen LogP contribution >= 0.6 is 11.6 Å². The number of rotatable bonds is 4. The van der Waals surface area contributed by atoms with Crippen molar-refractivity contribution < 1.29 is 4.74 Å². The van der Waals surface area contributed by atoms with Gasteiger partial charge in [0.2, 0.25) is 0 Å². The first kappa shape index (κ1) is 11.4. The van der Waals surface area contributed by atoms with Gasteiger partial charge in [0.25, 0.3) is 0 Å². The number of unbranched alkanes of at least 4 members (excludes halogenated alkanes) is 1. The van der Waals surface area contributed by atoms with E-state index in [1.165, 1.54) is 5.71 Å². The van der Waals surface area contributed by atoms with Crippen LogP contribution in [-0.2, 0) is 4.74 Å². The van der Waals surface area contributed by atoms with E-state index in [1.807, 2.05) is 0 Å². The van der Waals surface area contributed by atoms with Crippen LogP contribution in [0.3, 0.4) is 0 Å². The molecule has 1 fully saturated rings. The Morgan fingerprint density at radius 3 is 3.13 bits per heavy atom. The molecule has 4 heteroatoms. The van der Waals surface area contributed by atoms with Crippen LogP contribution in [0.25, 0.3) is 0 Å². The second kappa shape index (κ2) is 5.28. The highest BCUT2D eigenvalue weighted by atomic mass is 35.5. The van der Waals surface area contributed by atoms with E-state index in [2.05, 4.69) is 16.9 Å². The van der Waals surface area contributed by atoms with Crippen LogP contribution in [0.4, 0.5) is 0 Å². The number of alkyl halides is 1. The first-order chi connectivity index (χ1) is 7.29. The highest BCUT2D eigenvalue weighted by molar-refractivity contribution is 6.17. The zero-order chi connectivity index (χ0) is 10.7. The predicted octanol–water partition coefficient (Wildman–Crippen LogP) is 1.55. The lowest BCUT2D eigenvalue weighted by Gasteiger charge is -2.39. The number of morpholine rings is 1. The van der Waals surface area contributed by atoms with Crippen molar-refractivity contribution in [1.82, 2.24) is 4.90 Å². The maximum Gasteiger partial charge on any atom is 0.108 e. The first-order valence-electron chi connectivity index (χ1n) is 5.73. The summed E-state index contributed by atoms with van der Waals surface area (Å²) in [5, 5.41) is 0. The Kier molecular flexibility index (Phi) is 4.00. The van der Waals surface area contributed by atoms with Crippen molar-refractivity contribution >= 4 is 17.3 Å². The Hall–Kier alpha value is -0.120. The van der Waals surface area contributed by atoms with E-state index >= 15 is 0 Å². The summed E-state index contributed by atoms with van der Waals surface area (Å²) in [6.45, 7) is 2.86. The number of nitrogens with zero attached hydrogens (tertiary/aromatic N) is 2. The summed E-state index contributed by atoms with van der Waals surface area (Å²) < 4.78 is 5.93. The number of ether oxygens (including phenoxy) is 1. The van der Waals surface area contributed by atoms with Gasteiger partial charge in [0.05, 0.1) is 12.6 Å². The Balaban J connectivity index is 1.88. The maximum absolute atomic E-state index is 5.93. The zero-order valence-corrected chi connectivity index (χ0v) is 10.0. The monoisotopic (exact) mass is 230 g/mol. The van der Waals surface area contributed by atoms with Crippen LogP contribution in [0.2, 0.25) is 0 Å². The second-order valence-corrected chi connectivity index (χ2v) is 4.82. The van der Waals surface area contributed by atoms with Gasteiger partial charge in [0.1, 0.15) is 6.10 Å². The minimum Gasteiger partial charge on any atom is -0.364 e. The Morgan fingerprint density at radius 2 is 2.33 bits per heavy atom. The van der Waals surface area contributed by atoms with E-state index in [0.29, 0.717) is 6.10 Å². The van der Waals surface area contributed by atoms with Gasteiger partial charge in [-0.05, 0) is 26.3 Å². The fraction of sp³-hybridized carbons (Fsp3) is 0.909. The molecule has 0 aromatic carbocycles. The highest BCUT2D eigenvalue weighted by Gasteiger charge is 2.31. The summed E-state index contributed by atoms with van der Waals surface area (Å²) in [6.07, 6.45) is 3.84. The van der Waals surface area contributed by atoms with Gasteiger partial charge in [-0.15, -0.1) is 11.6 Å². The van der Waals surface area contributed by atoms with Gasteiger partial charge in [-0.3, -0.25) is 4.99 Å². The fourth-order valence-corrected chi connectivity index (χ4v) is 2.46. The molecule has 1 saturated heterocycles. The van der Waals surface area contributed by atoms with Crippen molar-refractivity contribution in [2.24, 2.45) is 4.99 Å². The molecule has 86 valence electrons. The average molecular weight is 231 g/mol. The van der Waals surface area contributed by atoms with Gasteiger partial charge in [-0.25, -0.2) is 0 Å². The molecule has 0 aliphatic carbocycles. The van der Waals surface area contributed by atoms with E-state index in [1.54, 1.807) is 0 Å². The third-order valence-electron chi connectivity index (χ3n) is 3.04. The number of likely N-dealkylation sites (N-methyl/N-ethyl adjacent to an activating group) is 1. The van der Waals surface area contributed by atoms with Gasteiger partial charge in [0, 0.05) is 24.7 Å². The topological polar surface area (TPSA) is 24.8 Å². The van der Waals surface area contributed by atoms with Crippen molar-refractivity contribution in [1.29, 1.82) is 0 Å². The third-order valence-corrected chi connectivity index (χ3v) is 3.30. The molecule has 2 aliphatic rings. The van der Waals surface area contributed by atoms with Crippen molar-refractivity contribution in [3.05, 3.63) is 0 Å². The second-order valence-electron chi connectivity index (χ2n) is 4.45. The third kappa shape index (κ3) is 2.92. The Bertz CT molecular complexity index is 245. The molecule has 0 saturated carbocycles. The molecule has 0 aromatic heterocycles. The number of halogens is 1. The van der Waals surface area contributed by atoms with Gasteiger partial charge < -0.3 is 9.64 Å². The fourth-order valence-electron chi connectivity index (χ4n) is 2.27. The number of hydrogen-bond donors (Lipinski definition) is 0. The molecule has 0 radical (unpaired) electrons. The summed E-state index contributed by atoms with van der Waals surface area (Å²) >= 11 is 5.67. The van der Waals surface area contributed by atoms with Crippen LogP contribution in [-0.4, -0.2) is 55.4 Å². The molecular formula is C11H19ClN2O. The lowest BCUT2D eigenvalue weighted by Crippen LogP contribution is -2.52. The summed E-state index contributed by atoms with van der Waals surface area (Å²) in [4.78, 5) is 6.98. The highest BCUT2D eigenvalue weighted by Crippen LogP contribution is 2.19. The molecule has 0 aromatic rings. The Labute approximate surface area is 96.4 Å². The van der Waals surface area contributed by atoms with Gasteiger partial charge in [-0.2, -0.15) is 0 Å². The molecule has 2 bridgehead atoms. The zero-order valence-electron chi connectivity index (χ0n) is 9.29. The lowest BCUT2D eigenvalue weighted by atomic mass is 10.0. The normalized spacial score (nSPS) is 31.5. The SMILES string of the molecule is CN1C[C@H]2CN=C(CCCCCl)[C@@H](C1)O2. The molecule has 2 heterocycles. The van der Waals surface area contributed by atoms with Crippen LogP contribution in [0.5, 0.6) is 0 Å². The predicted molar refractivity (Wildman–Crippen MR) is 63.0 cm³/mol. The van der Waals surface area contributed by atoms with Crippen molar-refractivity contribution in [2.45, 2.75) is 31.5 Å². The summed E-state index contributed by atoms with van der Waals surface area (Å²) in [6, 6.07) is 0. The standard InChI is InChI=1S/C11H19ClN2O/c1-14-7-9-6-13-10(4-2-3-5-12)11(8-14)15-9/h9,11H,2-8H2,1H3/t9-,11-/m1/s1. The lowest BCUT2D eigenvalue weighted by molar-refractivity contribution is -0.0504. The molecule has 2 atom stereocenters. The maximum atomic E-state index is 5.93. The van der Waals surface area contributed by atoms with Gasteiger partial charge in [-0.1, -0.05) is 0 Å². The van der Waals surface area contributed by atoms with E-state index in [0.717, 1.165) is 44.8 Å². The number of fused-ring (bicyclic) bond motifs is 2. The average Bonchev–Trinajstić information content (AvgIpc) is 2.21. The number of hydrogen-bond acceptors (Lipinski definition) is 3. The molecule has 0 unspecified atom stereocenters. The van der Waals surface area contributed by atoms with Crippen LogP contribution in [0, 0.1) is 0 Å².